The molecule has 0 bridgehead atoms. The highest BCUT2D eigenvalue weighted by molar-refractivity contribution is 5.74. The van der Waals surface area contributed by atoms with Gasteiger partial charge in [-0.2, -0.15) is 0 Å². The second-order valence-electron chi connectivity index (χ2n) is 4.88. The third-order valence-corrected chi connectivity index (χ3v) is 3.59. The van der Waals surface area contributed by atoms with Crippen molar-refractivity contribution < 1.29 is 24.2 Å². The van der Waals surface area contributed by atoms with E-state index >= 15 is 0 Å². The minimum atomic E-state index is -0.979. The lowest BCUT2D eigenvalue weighted by atomic mass is 9.82. The zero-order valence-corrected chi connectivity index (χ0v) is 9.88. The van der Waals surface area contributed by atoms with Gasteiger partial charge in [-0.25, -0.2) is 0 Å². The van der Waals surface area contributed by atoms with Gasteiger partial charge in [-0.3, -0.25) is 9.59 Å². The maximum absolute atomic E-state index is 11.0. The predicted octanol–water partition coefficient (Wildman–Crippen LogP) is 0.766. The number of hydrogen-bond acceptors (Lipinski definition) is 5. The van der Waals surface area contributed by atoms with Crippen molar-refractivity contribution in [3.05, 3.63) is 11.8 Å². The first-order valence-corrected chi connectivity index (χ1v) is 5.66. The minimum absolute atomic E-state index is 0.0967. The summed E-state index contributed by atoms with van der Waals surface area (Å²) in [7, 11) is 0. The van der Waals surface area contributed by atoms with Gasteiger partial charge in [-0.05, 0) is 19.8 Å². The van der Waals surface area contributed by atoms with Crippen LogP contribution in [0.25, 0.3) is 0 Å². The molecule has 5 nitrogen and oxygen atoms in total. The number of fused-ring (bicyclic) bond motifs is 1. The van der Waals surface area contributed by atoms with Gasteiger partial charge in [0, 0.05) is 18.4 Å². The van der Waals surface area contributed by atoms with Crippen LogP contribution in [0.1, 0.15) is 26.7 Å². The van der Waals surface area contributed by atoms with Crippen LogP contribution in [0.2, 0.25) is 0 Å². The Bertz CT molecular complexity index is 371. The number of carbonyl (C=O) groups excluding carboxylic acids is 2. The fourth-order valence-electron chi connectivity index (χ4n) is 2.78. The average Bonchev–Trinajstić information content (AvgIpc) is 2.55. The molecule has 17 heavy (non-hydrogen) atoms. The maximum atomic E-state index is 11.0. The van der Waals surface area contributed by atoms with E-state index in [1.807, 2.05) is 0 Å². The van der Waals surface area contributed by atoms with Gasteiger partial charge in [0.1, 0.15) is 6.29 Å². The SMILES string of the molecule is CC(=O)O[C@H]1OC=C(C=O)[C@@H]2CC[C@@](C)(O)[C@H]12. The highest BCUT2D eigenvalue weighted by Gasteiger charge is 2.53. The van der Waals surface area contributed by atoms with Crippen molar-refractivity contribution in [2.24, 2.45) is 11.8 Å². The van der Waals surface area contributed by atoms with E-state index in [0.717, 1.165) is 6.29 Å². The zero-order valence-electron chi connectivity index (χ0n) is 9.88. The molecule has 0 unspecified atom stereocenters. The van der Waals surface area contributed by atoms with Gasteiger partial charge in [0.25, 0.3) is 0 Å². The molecule has 5 heteroatoms. The molecule has 94 valence electrons. The number of hydrogen-bond donors (Lipinski definition) is 1. The van der Waals surface area contributed by atoms with E-state index in [0.29, 0.717) is 18.4 Å². The van der Waals surface area contributed by atoms with Crippen LogP contribution in [0.15, 0.2) is 11.8 Å². The van der Waals surface area contributed by atoms with E-state index in [9.17, 15) is 14.7 Å². The molecule has 0 aromatic rings. The molecule has 1 saturated carbocycles. The third-order valence-electron chi connectivity index (χ3n) is 3.59. The van der Waals surface area contributed by atoms with Gasteiger partial charge >= 0.3 is 5.97 Å². The molecule has 0 aromatic carbocycles. The van der Waals surface area contributed by atoms with E-state index in [1.54, 1.807) is 6.92 Å². The van der Waals surface area contributed by atoms with Crippen LogP contribution < -0.4 is 0 Å². The molecule has 0 amide bonds. The van der Waals surface area contributed by atoms with Gasteiger partial charge in [0.15, 0.2) is 0 Å². The topological polar surface area (TPSA) is 72.8 Å². The van der Waals surface area contributed by atoms with E-state index in [2.05, 4.69) is 0 Å². The van der Waals surface area contributed by atoms with Crippen LogP contribution in [0.3, 0.4) is 0 Å². The molecule has 1 aliphatic heterocycles. The van der Waals surface area contributed by atoms with Crippen LogP contribution in [-0.2, 0) is 19.1 Å². The van der Waals surface area contributed by atoms with Crippen molar-refractivity contribution in [1.29, 1.82) is 0 Å². The third kappa shape index (κ3) is 2.07. The van der Waals surface area contributed by atoms with Gasteiger partial charge in [0.05, 0.1) is 17.8 Å². The number of carbonyl (C=O) groups is 2. The number of allylic oxidation sites excluding steroid dienone is 1. The highest BCUT2D eigenvalue weighted by atomic mass is 16.7. The Kier molecular flexibility index (Phi) is 2.95. The smallest absolute Gasteiger partial charge is 0.305 e. The Hall–Kier alpha value is -1.36. The van der Waals surface area contributed by atoms with Crippen molar-refractivity contribution in [1.82, 2.24) is 0 Å². The van der Waals surface area contributed by atoms with Crippen LogP contribution in [0.4, 0.5) is 0 Å². The molecular weight excluding hydrogens is 224 g/mol. The summed E-state index contributed by atoms with van der Waals surface area (Å²) < 4.78 is 10.3. The van der Waals surface area contributed by atoms with Crippen molar-refractivity contribution >= 4 is 12.3 Å². The van der Waals surface area contributed by atoms with Crippen LogP contribution in [0.5, 0.6) is 0 Å². The number of ether oxygens (including phenoxy) is 2. The average molecular weight is 240 g/mol. The number of rotatable bonds is 2. The quantitative estimate of drug-likeness (QED) is 0.570. The lowest BCUT2D eigenvalue weighted by molar-refractivity contribution is -0.199. The molecular formula is C12H16O5. The summed E-state index contributed by atoms with van der Waals surface area (Å²) >= 11 is 0. The van der Waals surface area contributed by atoms with Gasteiger partial charge in [-0.15, -0.1) is 0 Å². The molecule has 4 atom stereocenters. The normalized spacial score (nSPS) is 39.9. The predicted molar refractivity (Wildman–Crippen MR) is 57.6 cm³/mol. The molecule has 2 aliphatic rings. The molecule has 1 fully saturated rings. The minimum Gasteiger partial charge on any atom is -0.462 e. The Morgan fingerprint density at radius 3 is 3.00 bits per heavy atom. The fraction of sp³-hybridized carbons (Fsp3) is 0.667. The lowest BCUT2D eigenvalue weighted by Crippen LogP contribution is -2.45. The van der Waals surface area contributed by atoms with E-state index in [-0.39, 0.29) is 11.8 Å². The molecule has 1 N–H and O–H groups in total. The van der Waals surface area contributed by atoms with Crippen molar-refractivity contribution in [3.63, 3.8) is 0 Å². The zero-order chi connectivity index (χ0) is 12.6. The fourth-order valence-corrected chi connectivity index (χ4v) is 2.78. The largest absolute Gasteiger partial charge is 0.462 e. The van der Waals surface area contributed by atoms with Gasteiger partial charge in [0.2, 0.25) is 6.29 Å². The van der Waals surface area contributed by atoms with Crippen LogP contribution in [0, 0.1) is 11.8 Å². The first kappa shape index (κ1) is 12.1. The summed E-state index contributed by atoms with van der Waals surface area (Å²) in [5.41, 5.74) is -0.455. The summed E-state index contributed by atoms with van der Waals surface area (Å²) in [6, 6.07) is 0. The van der Waals surface area contributed by atoms with E-state index in [1.165, 1.54) is 13.2 Å². The Balaban J connectivity index is 2.29. The Morgan fingerprint density at radius 1 is 1.71 bits per heavy atom. The Labute approximate surface area is 99.4 Å². The first-order chi connectivity index (χ1) is 7.95. The summed E-state index contributed by atoms with van der Waals surface area (Å²) in [4.78, 5) is 21.9. The van der Waals surface area contributed by atoms with Crippen molar-refractivity contribution in [2.45, 2.75) is 38.6 Å². The summed E-state index contributed by atoms with van der Waals surface area (Å²) in [6.45, 7) is 2.98. The summed E-state index contributed by atoms with van der Waals surface area (Å²) in [5.74, 6) is -0.934. The van der Waals surface area contributed by atoms with E-state index in [4.69, 9.17) is 9.47 Å². The summed E-state index contributed by atoms with van der Waals surface area (Å²) in [6.07, 6.45) is 2.53. The molecule has 1 heterocycles. The van der Waals surface area contributed by atoms with Gasteiger partial charge < -0.3 is 14.6 Å². The first-order valence-electron chi connectivity index (χ1n) is 5.66. The van der Waals surface area contributed by atoms with Crippen molar-refractivity contribution in [2.75, 3.05) is 0 Å². The number of esters is 1. The number of aliphatic hydroxyl groups is 1. The monoisotopic (exact) mass is 240 g/mol. The molecule has 0 saturated heterocycles. The number of aldehydes is 1. The van der Waals surface area contributed by atoms with Crippen molar-refractivity contribution in [3.8, 4) is 0 Å². The molecule has 0 radical (unpaired) electrons. The molecule has 2 rings (SSSR count). The highest BCUT2D eigenvalue weighted by Crippen LogP contribution is 2.48. The lowest BCUT2D eigenvalue weighted by Gasteiger charge is -2.37. The molecule has 0 spiro atoms. The second kappa shape index (κ2) is 4.14. The van der Waals surface area contributed by atoms with E-state index < -0.39 is 17.9 Å². The van der Waals surface area contributed by atoms with Gasteiger partial charge in [-0.1, -0.05) is 0 Å². The van der Waals surface area contributed by atoms with Crippen LogP contribution in [-0.4, -0.2) is 29.3 Å². The maximum Gasteiger partial charge on any atom is 0.305 e. The Morgan fingerprint density at radius 2 is 2.41 bits per heavy atom. The molecule has 1 aliphatic carbocycles. The molecule has 0 aromatic heterocycles. The standard InChI is InChI=1S/C12H16O5/c1-7(14)17-11-10-9(3-4-12(10,2)15)8(5-13)6-16-11/h5-6,9-11,15H,3-4H2,1-2H3/t9-,10-,11+,12+/m0/s1. The summed E-state index contributed by atoms with van der Waals surface area (Å²) in [5, 5.41) is 10.3. The second-order valence-corrected chi connectivity index (χ2v) is 4.88. The van der Waals surface area contributed by atoms with Crippen LogP contribution >= 0.6 is 0 Å².